The van der Waals surface area contributed by atoms with E-state index in [1.54, 1.807) is 0 Å². The third-order valence-electron chi connectivity index (χ3n) is 4.77. The Balaban J connectivity index is 1.92. The van der Waals surface area contributed by atoms with Gasteiger partial charge in [-0.15, -0.1) is 0 Å². The van der Waals surface area contributed by atoms with Gasteiger partial charge in [0.1, 0.15) is 6.04 Å². The van der Waals surface area contributed by atoms with Crippen LogP contribution >= 0.6 is 0 Å². The quantitative estimate of drug-likeness (QED) is 0.832. The van der Waals surface area contributed by atoms with Crippen molar-refractivity contribution in [2.24, 2.45) is 5.92 Å². The molecule has 0 radical (unpaired) electrons. The minimum atomic E-state index is -0.886. The number of amides is 2. The number of carbonyl (C=O) groups excluding carboxylic acids is 1. The minimum absolute atomic E-state index is 0.188. The van der Waals surface area contributed by atoms with Crippen LogP contribution in [0.25, 0.3) is 0 Å². The van der Waals surface area contributed by atoms with Gasteiger partial charge in [-0.2, -0.15) is 0 Å². The topological polar surface area (TPSA) is 69.6 Å². The second-order valence-electron chi connectivity index (χ2n) is 6.05. The van der Waals surface area contributed by atoms with Crippen LogP contribution in [-0.4, -0.2) is 40.6 Å². The zero-order valence-electron chi connectivity index (χ0n) is 12.3. The van der Waals surface area contributed by atoms with Crippen molar-refractivity contribution in [2.45, 2.75) is 70.4 Å². The van der Waals surface area contributed by atoms with E-state index >= 15 is 0 Å². The first kappa shape index (κ1) is 15.1. The molecule has 2 amide bonds. The molecule has 0 aromatic rings. The van der Waals surface area contributed by atoms with Crippen molar-refractivity contribution >= 4 is 12.0 Å². The standard InChI is InChI=1S/C15H26N2O3/c1-2-12(11-7-4-3-5-8-11)16-15(20)17-10-6-9-13(17)14(18)19/h11-13H,2-10H2,1H3,(H,16,20)(H,18,19)/t12?,13-/m0/s1. The molecule has 1 saturated heterocycles. The molecule has 2 N–H and O–H groups in total. The second kappa shape index (κ2) is 6.95. The highest BCUT2D eigenvalue weighted by atomic mass is 16.4. The number of hydrogen-bond donors (Lipinski definition) is 2. The lowest BCUT2D eigenvalue weighted by Gasteiger charge is -2.32. The van der Waals surface area contributed by atoms with Crippen molar-refractivity contribution in [1.29, 1.82) is 0 Å². The highest BCUT2D eigenvalue weighted by Crippen LogP contribution is 2.28. The van der Waals surface area contributed by atoms with Crippen LogP contribution in [0.1, 0.15) is 58.3 Å². The predicted molar refractivity (Wildman–Crippen MR) is 76.5 cm³/mol. The molecule has 1 unspecified atom stereocenters. The molecule has 20 heavy (non-hydrogen) atoms. The number of likely N-dealkylation sites (tertiary alicyclic amines) is 1. The lowest BCUT2D eigenvalue weighted by Crippen LogP contribution is -2.50. The molecule has 1 saturated carbocycles. The van der Waals surface area contributed by atoms with Crippen LogP contribution in [-0.2, 0) is 4.79 Å². The van der Waals surface area contributed by atoms with Gasteiger partial charge in [-0.3, -0.25) is 0 Å². The van der Waals surface area contributed by atoms with Crippen molar-refractivity contribution < 1.29 is 14.7 Å². The number of carboxylic acid groups (broad SMARTS) is 1. The molecule has 2 rings (SSSR count). The van der Waals surface area contributed by atoms with Crippen LogP contribution in [0, 0.1) is 5.92 Å². The molecule has 2 aliphatic rings. The van der Waals surface area contributed by atoms with E-state index in [0.717, 1.165) is 12.8 Å². The van der Waals surface area contributed by atoms with Crippen LogP contribution in [0.15, 0.2) is 0 Å². The van der Waals surface area contributed by atoms with Gasteiger partial charge in [0, 0.05) is 12.6 Å². The third kappa shape index (κ3) is 3.44. The van der Waals surface area contributed by atoms with Crippen LogP contribution < -0.4 is 5.32 Å². The fourth-order valence-electron chi connectivity index (χ4n) is 3.60. The Morgan fingerprint density at radius 3 is 2.50 bits per heavy atom. The summed E-state index contributed by atoms with van der Waals surface area (Å²) in [5, 5.41) is 12.2. The van der Waals surface area contributed by atoms with E-state index in [9.17, 15) is 9.59 Å². The van der Waals surface area contributed by atoms with Gasteiger partial charge in [-0.05, 0) is 38.0 Å². The van der Waals surface area contributed by atoms with Gasteiger partial charge >= 0.3 is 12.0 Å². The summed E-state index contributed by atoms with van der Waals surface area (Å²) in [6, 6.07) is -0.635. The molecule has 0 aromatic heterocycles. The van der Waals surface area contributed by atoms with E-state index in [0.29, 0.717) is 18.9 Å². The van der Waals surface area contributed by atoms with Crippen LogP contribution in [0.4, 0.5) is 4.79 Å². The van der Waals surface area contributed by atoms with Crippen LogP contribution in [0.3, 0.4) is 0 Å². The number of hydrogen-bond acceptors (Lipinski definition) is 2. The van der Waals surface area contributed by atoms with Crippen molar-refractivity contribution in [3.05, 3.63) is 0 Å². The average molecular weight is 282 g/mol. The van der Waals surface area contributed by atoms with Crippen molar-refractivity contribution in [3.8, 4) is 0 Å². The number of urea groups is 1. The summed E-state index contributed by atoms with van der Waals surface area (Å²) in [5.74, 6) is -0.327. The van der Waals surface area contributed by atoms with E-state index in [1.807, 2.05) is 0 Å². The average Bonchev–Trinajstić information content (AvgIpc) is 2.95. The Bertz CT molecular complexity index is 353. The molecule has 2 fully saturated rings. The van der Waals surface area contributed by atoms with E-state index in [2.05, 4.69) is 12.2 Å². The minimum Gasteiger partial charge on any atom is -0.480 e. The maximum absolute atomic E-state index is 12.3. The number of rotatable bonds is 4. The Labute approximate surface area is 120 Å². The van der Waals surface area contributed by atoms with Crippen LogP contribution in [0.2, 0.25) is 0 Å². The first-order chi connectivity index (χ1) is 9.63. The van der Waals surface area contributed by atoms with Gasteiger partial charge in [-0.25, -0.2) is 9.59 Å². The highest BCUT2D eigenvalue weighted by Gasteiger charge is 2.35. The largest absolute Gasteiger partial charge is 0.480 e. The summed E-state index contributed by atoms with van der Waals surface area (Å²) >= 11 is 0. The number of carbonyl (C=O) groups is 2. The van der Waals surface area contributed by atoms with Crippen molar-refractivity contribution in [3.63, 3.8) is 0 Å². The number of nitrogens with zero attached hydrogens (tertiary/aromatic N) is 1. The molecule has 5 nitrogen and oxygen atoms in total. The number of aliphatic carboxylic acids is 1. The van der Waals surface area contributed by atoms with Gasteiger partial charge in [0.2, 0.25) is 0 Å². The zero-order chi connectivity index (χ0) is 14.5. The summed E-state index contributed by atoms with van der Waals surface area (Å²) in [5.41, 5.74) is 0. The number of nitrogens with one attached hydrogen (secondary N) is 1. The first-order valence-electron chi connectivity index (χ1n) is 7.93. The van der Waals surface area contributed by atoms with Gasteiger partial charge in [0.05, 0.1) is 0 Å². The van der Waals surface area contributed by atoms with E-state index in [1.165, 1.54) is 37.0 Å². The molecule has 2 atom stereocenters. The maximum Gasteiger partial charge on any atom is 0.326 e. The fraction of sp³-hybridized carbons (Fsp3) is 0.867. The van der Waals surface area contributed by atoms with Crippen molar-refractivity contribution in [1.82, 2.24) is 10.2 Å². The van der Waals surface area contributed by atoms with E-state index in [4.69, 9.17) is 5.11 Å². The smallest absolute Gasteiger partial charge is 0.326 e. The molecule has 1 heterocycles. The summed E-state index contributed by atoms with van der Waals surface area (Å²) in [6.45, 7) is 2.65. The molecule has 5 heteroatoms. The van der Waals surface area contributed by atoms with Gasteiger partial charge in [0.25, 0.3) is 0 Å². The Morgan fingerprint density at radius 2 is 1.90 bits per heavy atom. The Kier molecular flexibility index (Phi) is 5.26. The van der Waals surface area contributed by atoms with Gasteiger partial charge in [0.15, 0.2) is 0 Å². The Morgan fingerprint density at radius 1 is 1.20 bits per heavy atom. The van der Waals surface area contributed by atoms with Gasteiger partial charge < -0.3 is 15.3 Å². The van der Waals surface area contributed by atoms with E-state index < -0.39 is 12.0 Å². The first-order valence-corrected chi connectivity index (χ1v) is 7.93. The second-order valence-corrected chi connectivity index (χ2v) is 6.05. The molecule has 0 spiro atoms. The molecular weight excluding hydrogens is 256 g/mol. The molecular formula is C15H26N2O3. The SMILES string of the molecule is CCC(NC(=O)N1CCC[C@H]1C(=O)O)C1CCCCC1. The van der Waals surface area contributed by atoms with Crippen molar-refractivity contribution in [2.75, 3.05) is 6.54 Å². The van der Waals surface area contributed by atoms with Crippen LogP contribution in [0.5, 0.6) is 0 Å². The van der Waals surface area contributed by atoms with E-state index in [-0.39, 0.29) is 12.1 Å². The van der Waals surface area contributed by atoms with Gasteiger partial charge in [-0.1, -0.05) is 26.2 Å². The maximum atomic E-state index is 12.3. The molecule has 1 aliphatic heterocycles. The lowest BCUT2D eigenvalue weighted by molar-refractivity contribution is -0.141. The third-order valence-corrected chi connectivity index (χ3v) is 4.77. The number of carboxylic acids is 1. The monoisotopic (exact) mass is 282 g/mol. The summed E-state index contributed by atoms with van der Waals surface area (Å²) in [7, 11) is 0. The normalized spacial score (nSPS) is 25.4. The lowest BCUT2D eigenvalue weighted by atomic mass is 9.83. The fourth-order valence-corrected chi connectivity index (χ4v) is 3.60. The molecule has 114 valence electrons. The molecule has 0 aromatic carbocycles. The zero-order valence-corrected chi connectivity index (χ0v) is 12.3. The Hall–Kier alpha value is -1.26. The highest BCUT2D eigenvalue weighted by molar-refractivity contribution is 5.83. The molecule has 1 aliphatic carbocycles. The molecule has 0 bridgehead atoms. The summed E-state index contributed by atoms with van der Waals surface area (Å²) < 4.78 is 0. The summed E-state index contributed by atoms with van der Waals surface area (Å²) in [6.07, 6.45) is 8.43. The predicted octanol–water partition coefficient (Wildman–Crippen LogP) is 2.60. The summed E-state index contributed by atoms with van der Waals surface area (Å²) in [4.78, 5) is 25.0.